The van der Waals surface area contributed by atoms with Crippen LogP contribution >= 0.6 is 11.3 Å². The van der Waals surface area contributed by atoms with E-state index in [1.807, 2.05) is 17.0 Å². The second-order valence-corrected chi connectivity index (χ2v) is 10.9. The number of hydrogen-bond acceptors (Lipinski definition) is 5. The summed E-state index contributed by atoms with van der Waals surface area (Å²) >= 11 is 1.66. The second-order valence-electron chi connectivity index (χ2n) is 7.48. The number of hydrogen-bond donors (Lipinski definition) is 0. The molecule has 4 rings (SSSR count). The first-order valence-corrected chi connectivity index (χ1v) is 12.1. The number of halogens is 1. The van der Waals surface area contributed by atoms with Crippen molar-refractivity contribution >= 4 is 27.1 Å². The molecule has 2 aliphatic heterocycles. The Morgan fingerprint density at radius 2 is 1.93 bits per heavy atom. The third-order valence-electron chi connectivity index (χ3n) is 5.42. The van der Waals surface area contributed by atoms with Crippen LogP contribution in [0.4, 0.5) is 4.39 Å². The highest BCUT2D eigenvalue weighted by molar-refractivity contribution is 7.91. The van der Waals surface area contributed by atoms with Gasteiger partial charge in [0.25, 0.3) is 0 Å². The van der Waals surface area contributed by atoms with Crippen LogP contribution in [0.25, 0.3) is 10.4 Å². The van der Waals surface area contributed by atoms with Crippen LogP contribution in [0.3, 0.4) is 0 Å². The molecule has 3 heterocycles. The maximum absolute atomic E-state index is 13.4. The van der Waals surface area contributed by atoms with Crippen molar-refractivity contribution in [2.45, 2.75) is 13.0 Å². The highest BCUT2D eigenvalue weighted by Gasteiger charge is 2.36. The summed E-state index contributed by atoms with van der Waals surface area (Å²) < 4.78 is 36.6. The van der Waals surface area contributed by atoms with Crippen molar-refractivity contribution in [3.63, 3.8) is 0 Å². The van der Waals surface area contributed by atoms with Crippen LogP contribution in [0, 0.1) is 11.7 Å². The molecule has 1 atom stereocenters. The van der Waals surface area contributed by atoms with Crippen molar-refractivity contribution in [3.05, 3.63) is 47.1 Å². The van der Waals surface area contributed by atoms with Gasteiger partial charge in [-0.1, -0.05) is 12.1 Å². The Hall–Kier alpha value is -1.77. The topological polar surface area (TPSA) is 57.7 Å². The number of carbonyl (C=O) groups excluding carboxylic acids is 1. The lowest BCUT2D eigenvalue weighted by atomic mass is 10.1. The Morgan fingerprint density at radius 3 is 2.61 bits per heavy atom. The van der Waals surface area contributed by atoms with Crippen molar-refractivity contribution in [1.82, 2.24) is 9.80 Å². The van der Waals surface area contributed by atoms with Gasteiger partial charge < -0.3 is 4.90 Å². The molecule has 2 saturated heterocycles. The minimum atomic E-state index is -3.03. The van der Waals surface area contributed by atoms with E-state index < -0.39 is 9.84 Å². The van der Waals surface area contributed by atoms with Crippen LogP contribution in [-0.4, -0.2) is 61.8 Å². The van der Waals surface area contributed by atoms with Crippen LogP contribution in [0.15, 0.2) is 36.4 Å². The average Bonchev–Trinajstić information content (AvgIpc) is 3.28. The number of thiophene rings is 1. The molecular weight excluding hydrogens is 399 g/mol. The summed E-state index contributed by atoms with van der Waals surface area (Å²) in [5.41, 5.74) is 0.887. The molecule has 1 amide bonds. The Kier molecular flexibility index (Phi) is 5.53. The van der Waals surface area contributed by atoms with Crippen LogP contribution in [0.5, 0.6) is 0 Å². The molecule has 0 aliphatic carbocycles. The highest BCUT2D eigenvalue weighted by Crippen LogP contribution is 2.29. The fraction of sp³-hybridized carbons (Fsp3) is 0.450. The average molecular weight is 423 g/mol. The summed E-state index contributed by atoms with van der Waals surface area (Å²) in [6.07, 6.45) is 0.458. The maximum atomic E-state index is 13.4. The molecule has 5 nitrogen and oxygen atoms in total. The zero-order chi connectivity index (χ0) is 19.7. The molecule has 2 aromatic rings. The predicted octanol–water partition coefficient (Wildman–Crippen LogP) is 2.63. The lowest BCUT2D eigenvalue weighted by molar-refractivity contribution is -0.136. The number of sulfone groups is 1. The monoisotopic (exact) mass is 422 g/mol. The van der Waals surface area contributed by atoms with E-state index in [1.54, 1.807) is 23.5 Å². The van der Waals surface area contributed by atoms with Crippen molar-refractivity contribution in [2.75, 3.05) is 37.7 Å². The number of amides is 1. The van der Waals surface area contributed by atoms with E-state index in [-0.39, 0.29) is 29.1 Å². The number of piperazine rings is 1. The van der Waals surface area contributed by atoms with E-state index in [2.05, 4.69) is 11.0 Å². The maximum Gasteiger partial charge on any atom is 0.226 e. The van der Waals surface area contributed by atoms with Gasteiger partial charge in [0.05, 0.1) is 17.4 Å². The summed E-state index contributed by atoms with van der Waals surface area (Å²) in [5, 5.41) is 0. The molecule has 2 fully saturated rings. The Labute approximate surface area is 168 Å². The normalized spacial score (nSPS) is 22.5. The van der Waals surface area contributed by atoms with Crippen LogP contribution in [0.2, 0.25) is 0 Å². The first-order valence-electron chi connectivity index (χ1n) is 9.46. The molecule has 28 heavy (non-hydrogen) atoms. The van der Waals surface area contributed by atoms with E-state index in [9.17, 15) is 17.6 Å². The van der Waals surface area contributed by atoms with Gasteiger partial charge in [-0.05, 0) is 36.2 Å². The Balaban J connectivity index is 1.31. The lowest BCUT2D eigenvalue weighted by Gasteiger charge is -2.35. The van der Waals surface area contributed by atoms with Gasteiger partial charge in [0.1, 0.15) is 5.82 Å². The fourth-order valence-electron chi connectivity index (χ4n) is 3.85. The molecule has 0 N–H and O–H groups in total. The van der Waals surface area contributed by atoms with E-state index >= 15 is 0 Å². The molecule has 0 spiro atoms. The lowest BCUT2D eigenvalue weighted by Crippen LogP contribution is -2.50. The van der Waals surface area contributed by atoms with E-state index in [1.165, 1.54) is 10.9 Å². The Morgan fingerprint density at radius 1 is 1.14 bits per heavy atom. The summed E-state index contributed by atoms with van der Waals surface area (Å²) in [4.78, 5) is 18.9. The van der Waals surface area contributed by atoms with Gasteiger partial charge in [-0.25, -0.2) is 12.8 Å². The standard InChI is InChI=1S/C20H23FN2O3S2/c21-17-3-1-2-15(12-17)19-5-4-18(27-19)13-22-7-9-23(10-8-22)20(24)16-6-11-28(25,26)14-16/h1-5,12,16H,6-11,13-14H2/t16-/m1/s1. The summed E-state index contributed by atoms with van der Waals surface area (Å²) in [7, 11) is -3.03. The summed E-state index contributed by atoms with van der Waals surface area (Å²) in [6.45, 7) is 3.63. The van der Waals surface area contributed by atoms with E-state index in [0.29, 0.717) is 19.5 Å². The van der Waals surface area contributed by atoms with Crippen LogP contribution in [0.1, 0.15) is 11.3 Å². The van der Waals surface area contributed by atoms with E-state index in [4.69, 9.17) is 0 Å². The number of nitrogens with zero attached hydrogens (tertiary/aromatic N) is 2. The number of rotatable bonds is 4. The molecule has 2 aliphatic rings. The van der Waals surface area contributed by atoms with Crippen molar-refractivity contribution in [3.8, 4) is 10.4 Å². The predicted molar refractivity (Wildman–Crippen MR) is 108 cm³/mol. The van der Waals surface area contributed by atoms with E-state index in [0.717, 1.165) is 30.1 Å². The van der Waals surface area contributed by atoms with Gasteiger partial charge in [0.15, 0.2) is 9.84 Å². The van der Waals surface area contributed by atoms with Gasteiger partial charge in [-0.15, -0.1) is 11.3 Å². The first-order chi connectivity index (χ1) is 13.4. The molecular formula is C20H23FN2O3S2. The third kappa shape index (κ3) is 4.45. The SMILES string of the molecule is O=C([C@@H]1CCS(=O)(=O)C1)N1CCN(Cc2ccc(-c3cccc(F)c3)s2)CC1. The zero-order valence-corrected chi connectivity index (χ0v) is 17.1. The minimum absolute atomic E-state index is 0.00407. The fourth-order valence-corrected chi connectivity index (χ4v) is 6.63. The largest absolute Gasteiger partial charge is 0.340 e. The smallest absolute Gasteiger partial charge is 0.226 e. The summed E-state index contributed by atoms with van der Waals surface area (Å²) in [5.74, 6) is -0.462. The third-order valence-corrected chi connectivity index (χ3v) is 8.30. The molecule has 0 saturated carbocycles. The first kappa shape index (κ1) is 19.5. The molecule has 150 valence electrons. The molecule has 8 heteroatoms. The van der Waals surface area contributed by atoms with Gasteiger partial charge in [-0.3, -0.25) is 9.69 Å². The van der Waals surface area contributed by atoms with Gasteiger partial charge >= 0.3 is 0 Å². The highest BCUT2D eigenvalue weighted by atomic mass is 32.2. The number of benzene rings is 1. The molecule has 1 aromatic carbocycles. The molecule has 0 radical (unpaired) electrons. The molecule has 0 bridgehead atoms. The quantitative estimate of drug-likeness (QED) is 0.760. The minimum Gasteiger partial charge on any atom is -0.340 e. The molecule has 0 unspecified atom stereocenters. The van der Waals surface area contributed by atoms with Gasteiger partial charge in [-0.2, -0.15) is 0 Å². The van der Waals surface area contributed by atoms with Gasteiger partial charge in [0, 0.05) is 42.5 Å². The van der Waals surface area contributed by atoms with Crippen molar-refractivity contribution < 1.29 is 17.6 Å². The van der Waals surface area contributed by atoms with Crippen molar-refractivity contribution in [1.29, 1.82) is 0 Å². The Bertz CT molecular complexity index is 965. The molecule has 1 aromatic heterocycles. The van der Waals surface area contributed by atoms with Crippen molar-refractivity contribution in [2.24, 2.45) is 5.92 Å². The van der Waals surface area contributed by atoms with Crippen LogP contribution < -0.4 is 0 Å². The number of carbonyl (C=O) groups is 1. The second kappa shape index (κ2) is 7.93. The van der Waals surface area contributed by atoms with Crippen LogP contribution in [-0.2, 0) is 21.2 Å². The van der Waals surface area contributed by atoms with Gasteiger partial charge in [0.2, 0.25) is 5.91 Å². The zero-order valence-electron chi connectivity index (χ0n) is 15.5. The summed E-state index contributed by atoms with van der Waals surface area (Å²) in [6, 6.07) is 10.7.